The summed E-state index contributed by atoms with van der Waals surface area (Å²) in [6.45, 7) is 34.9. The normalized spacial score (nSPS) is 29.6. The van der Waals surface area contributed by atoms with Crippen molar-refractivity contribution in [2.75, 3.05) is 0 Å². The molecule has 14 atom stereocenters. The molecule has 8 N–H and O–H groups in total. The van der Waals surface area contributed by atoms with E-state index in [2.05, 4.69) is 135 Å². The Morgan fingerprint density at radius 1 is 0.588 bits per heavy atom. The first-order valence-electron chi connectivity index (χ1n) is 34.9. The largest absolute Gasteiger partial charge is 0.323 e. The van der Waals surface area contributed by atoms with Crippen LogP contribution >= 0.6 is 58.8 Å². The van der Waals surface area contributed by atoms with Gasteiger partial charge in [0, 0.05) is 86.4 Å². The summed E-state index contributed by atoms with van der Waals surface area (Å²) >= 11 is 10.9. The van der Waals surface area contributed by atoms with Crippen molar-refractivity contribution in [3.05, 3.63) is 92.4 Å². The lowest BCUT2D eigenvalue weighted by Crippen LogP contribution is -2.50. The molecular formula is C75H119FN4S5. The Morgan fingerprint density at radius 2 is 1.07 bits per heavy atom. The molecule has 85 heavy (non-hydrogen) atoms. The third kappa shape index (κ3) is 15.7. The van der Waals surface area contributed by atoms with Gasteiger partial charge in [0.15, 0.2) is 0 Å². The molecule has 8 rings (SSSR count). The molecule has 1 aromatic carbocycles. The van der Waals surface area contributed by atoms with E-state index in [0.29, 0.717) is 33.2 Å². The molecule has 7 aliphatic rings. The fraction of sp³-hybridized carbons (Fsp3) is 0.733. The van der Waals surface area contributed by atoms with Gasteiger partial charge in [0.25, 0.3) is 0 Å². The van der Waals surface area contributed by atoms with Gasteiger partial charge in [0.1, 0.15) is 5.83 Å². The minimum Gasteiger partial charge on any atom is -0.323 e. The molecule has 0 amide bonds. The SMILES string of the molecule is C=C(C)C1=C(C2Cc3c(c(C4=CC(CCCCCC)C(CC(CC)CCCC)S4)c4c(c3C3=CC(CCCCCC)C(CC(CC)CCCC)S3)SC(C(C)(CC)CC)C4)S2)C(N)C(N)C(C2CCC(C3=CC(F)=C(C(C)(C)C)C(N)C3N)S2)=C1. The summed E-state index contributed by atoms with van der Waals surface area (Å²) in [6.07, 6.45) is 42.4. The highest BCUT2D eigenvalue weighted by molar-refractivity contribution is 8.09. The molecule has 1 saturated heterocycles. The number of benzene rings is 1. The smallest absolute Gasteiger partial charge is 0.124 e. The maximum absolute atomic E-state index is 16.0. The lowest BCUT2D eigenvalue weighted by molar-refractivity contribution is 0.287. The maximum Gasteiger partial charge on any atom is 0.124 e. The molecule has 0 radical (unpaired) electrons. The summed E-state index contributed by atoms with van der Waals surface area (Å²) in [5.74, 6) is 2.53. The minimum atomic E-state index is -0.551. The van der Waals surface area contributed by atoms with Gasteiger partial charge in [-0.25, -0.2) is 4.39 Å². The Labute approximate surface area is 541 Å². The van der Waals surface area contributed by atoms with Crippen LogP contribution < -0.4 is 22.9 Å². The van der Waals surface area contributed by atoms with Gasteiger partial charge in [-0.05, 0) is 151 Å². The van der Waals surface area contributed by atoms with Crippen molar-refractivity contribution in [2.45, 2.75) is 322 Å². The van der Waals surface area contributed by atoms with Crippen molar-refractivity contribution in [1.82, 2.24) is 0 Å². The monoisotopic (exact) mass is 1250 g/mol. The quantitative estimate of drug-likeness (QED) is 0.0541. The van der Waals surface area contributed by atoms with E-state index in [4.69, 9.17) is 29.5 Å². The van der Waals surface area contributed by atoms with E-state index in [1.165, 1.54) is 158 Å². The van der Waals surface area contributed by atoms with Crippen LogP contribution in [0.3, 0.4) is 0 Å². The second kappa shape index (κ2) is 31.5. The topological polar surface area (TPSA) is 104 Å². The number of nitrogens with two attached hydrogens (primary N) is 4. The lowest BCUT2D eigenvalue weighted by atomic mass is 9.74. The van der Waals surface area contributed by atoms with Gasteiger partial charge in [-0.1, -0.05) is 216 Å². The van der Waals surface area contributed by atoms with Gasteiger partial charge in [-0.3, -0.25) is 0 Å². The van der Waals surface area contributed by atoms with Gasteiger partial charge >= 0.3 is 0 Å². The average molecular weight is 1260 g/mol. The van der Waals surface area contributed by atoms with Crippen LogP contribution in [-0.4, -0.2) is 55.7 Å². The van der Waals surface area contributed by atoms with Crippen LogP contribution in [0, 0.1) is 34.5 Å². The van der Waals surface area contributed by atoms with Gasteiger partial charge in [0.2, 0.25) is 0 Å². The summed E-state index contributed by atoms with van der Waals surface area (Å²) in [4.78, 5) is 6.36. The zero-order chi connectivity index (χ0) is 61.5. The Hall–Kier alpha value is -1.08. The lowest BCUT2D eigenvalue weighted by Gasteiger charge is -2.38. The van der Waals surface area contributed by atoms with E-state index in [1.54, 1.807) is 47.9 Å². The summed E-state index contributed by atoms with van der Waals surface area (Å²) in [6, 6.07) is -1.68. The molecule has 0 spiro atoms. The number of unbranched alkanes of at least 4 members (excludes halogenated alkanes) is 8. The first-order valence-corrected chi connectivity index (χ1v) is 39.4. The number of fused-ring (bicyclic) bond motifs is 2. The van der Waals surface area contributed by atoms with Crippen molar-refractivity contribution in [1.29, 1.82) is 0 Å². The van der Waals surface area contributed by atoms with Crippen LogP contribution in [0.4, 0.5) is 4.39 Å². The Kier molecular flexibility index (Phi) is 25.9. The Morgan fingerprint density at radius 3 is 1.54 bits per heavy atom. The van der Waals surface area contributed by atoms with Gasteiger partial charge < -0.3 is 22.9 Å². The van der Waals surface area contributed by atoms with E-state index >= 15 is 4.39 Å². The minimum absolute atomic E-state index is 0.0648. The van der Waals surface area contributed by atoms with Crippen LogP contribution in [0.15, 0.2) is 79.9 Å². The summed E-state index contributed by atoms with van der Waals surface area (Å²) in [5, 5.41) is 2.12. The third-order valence-corrected chi connectivity index (χ3v) is 29.5. The molecule has 5 aliphatic heterocycles. The zero-order valence-corrected chi connectivity index (χ0v) is 59.8. The molecule has 2 aliphatic carbocycles. The molecule has 1 fully saturated rings. The van der Waals surface area contributed by atoms with E-state index in [0.717, 1.165) is 48.7 Å². The standard InChI is InChI=1S/C75H119FN4S5/c1-15-23-27-29-33-48-39-60(82-58(48)37-46(19-5)31-25-17-3)65-53-43-62(64-50(45(9)10)41-51(68(77)70(64)79)56-35-36-57(81-56)52-42-55(76)67(74(11,12)13)71(80)69(52)78)84-72(53)66(54-44-63(85-73(54)65)75(14,21-7)22-8)61-40-49(34-30-28-24-16-2)59(83-61)38-47(20-6)32-26-18-4/h39-42,46-49,56-59,62-63,68-71H,9,15-38,43-44,77-80H2,1-8,10-14H3. The van der Waals surface area contributed by atoms with Crippen molar-refractivity contribution >= 4 is 68.6 Å². The average Bonchev–Trinajstić information content (AvgIpc) is 2.03. The molecule has 1 aromatic rings. The zero-order valence-electron chi connectivity index (χ0n) is 55.7. The molecule has 0 bridgehead atoms. The molecule has 14 unspecified atom stereocenters. The van der Waals surface area contributed by atoms with Crippen molar-refractivity contribution in [3.63, 3.8) is 0 Å². The molecular weight excluding hydrogens is 1140 g/mol. The number of allylic oxidation sites excluding steroid dienone is 7. The molecule has 0 aromatic heterocycles. The number of hydrogen-bond donors (Lipinski definition) is 4. The predicted octanol–water partition coefficient (Wildman–Crippen LogP) is 21.4. The highest BCUT2D eigenvalue weighted by Crippen LogP contribution is 2.64. The fourth-order valence-corrected chi connectivity index (χ4v) is 24.5. The molecule has 476 valence electrons. The third-order valence-electron chi connectivity index (χ3n) is 21.8. The Bertz CT molecular complexity index is 2550. The fourth-order valence-electron chi connectivity index (χ4n) is 15.8. The maximum atomic E-state index is 16.0. The number of thioether (sulfide) groups is 5. The summed E-state index contributed by atoms with van der Waals surface area (Å²) in [7, 11) is 0. The van der Waals surface area contributed by atoms with Crippen LogP contribution in [0.1, 0.15) is 266 Å². The van der Waals surface area contributed by atoms with Gasteiger partial charge in [-0.15, -0.1) is 58.8 Å². The number of rotatable bonds is 31. The predicted molar refractivity (Wildman–Crippen MR) is 383 cm³/mol. The van der Waals surface area contributed by atoms with Crippen molar-refractivity contribution in [3.8, 4) is 0 Å². The van der Waals surface area contributed by atoms with E-state index in [9.17, 15) is 0 Å². The van der Waals surface area contributed by atoms with Gasteiger partial charge in [-0.2, -0.15) is 0 Å². The van der Waals surface area contributed by atoms with E-state index in [-0.39, 0.29) is 39.1 Å². The van der Waals surface area contributed by atoms with Crippen molar-refractivity contribution in [2.24, 2.45) is 57.4 Å². The van der Waals surface area contributed by atoms with Crippen molar-refractivity contribution < 1.29 is 4.39 Å². The second-order valence-corrected chi connectivity index (χ2v) is 35.2. The van der Waals surface area contributed by atoms with Crippen LogP contribution in [0.5, 0.6) is 0 Å². The number of hydrogen-bond acceptors (Lipinski definition) is 9. The molecule has 5 heterocycles. The van der Waals surface area contributed by atoms with E-state index < -0.39 is 17.5 Å². The molecule has 4 nitrogen and oxygen atoms in total. The second-order valence-electron chi connectivity index (χ2n) is 28.8. The van der Waals surface area contributed by atoms with E-state index in [1.807, 2.05) is 32.5 Å². The molecule has 10 heteroatoms. The number of halogens is 1. The Balaban J connectivity index is 1.27. The first-order chi connectivity index (χ1) is 40.7. The summed E-state index contributed by atoms with van der Waals surface area (Å²) < 4.78 is 16.0. The van der Waals surface area contributed by atoms with Crippen LogP contribution in [0.25, 0.3) is 9.81 Å². The summed E-state index contributed by atoms with van der Waals surface area (Å²) in [5.41, 5.74) is 41.7. The molecule has 0 saturated carbocycles. The van der Waals surface area contributed by atoms with Gasteiger partial charge in [0.05, 0.1) is 0 Å². The highest BCUT2D eigenvalue weighted by Gasteiger charge is 2.49. The first kappa shape index (κ1) is 69.8. The highest BCUT2D eigenvalue weighted by atomic mass is 32.2. The van der Waals surface area contributed by atoms with Crippen LogP contribution in [-0.2, 0) is 12.8 Å². The van der Waals surface area contributed by atoms with Crippen LogP contribution in [0.2, 0.25) is 0 Å².